The highest BCUT2D eigenvalue weighted by atomic mass is 35.5. The number of amides is 1. The van der Waals surface area contributed by atoms with Crippen molar-refractivity contribution < 1.29 is 13.2 Å². The van der Waals surface area contributed by atoms with E-state index in [0.717, 1.165) is 19.4 Å². The van der Waals surface area contributed by atoms with Gasteiger partial charge in [0.2, 0.25) is 15.9 Å². The Kier molecular flexibility index (Phi) is 5.44. The van der Waals surface area contributed by atoms with Crippen LogP contribution in [-0.4, -0.2) is 62.3 Å². The Balaban J connectivity index is 1.60. The van der Waals surface area contributed by atoms with E-state index in [4.69, 9.17) is 11.6 Å². The minimum Gasteiger partial charge on any atom is -0.340 e. The number of piperazine rings is 1. The molecule has 2 fully saturated rings. The maximum Gasteiger partial charge on any atom is 0.244 e. The van der Waals surface area contributed by atoms with Gasteiger partial charge in [-0.2, -0.15) is 4.31 Å². The SMILES string of the molecule is O=C(CC1CCCN1)N1CCN(S(=O)(=O)c2ccccc2Cl)CC1. The van der Waals surface area contributed by atoms with Crippen LogP contribution in [0.2, 0.25) is 5.02 Å². The quantitative estimate of drug-likeness (QED) is 0.866. The van der Waals surface area contributed by atoms with E-state index >= 15 is 0 Å². The van der Waals surface area contributed by atoms with Gasteiger partial charge in [-0.25, -0.2) is 8.42 Å². The van der Waals surface area contributed by atoms with E-state index < -0.39 is 10.0 Å². The van der Waals surface area contributed by atoms with Crippen molar-refractivity contribution >= 4 is 27.5 Å². The fourth-order valence-electron chi connectivity index (χ4n) is 3.24. The third-order valence-corrected chi connectivity index (χ3v) is 7.03. The lowest BCUT2D eigenvalue weighted by Gasteiger charge is -2.34. The van der Waals surface area contributed by atoms with E-state index in [1.807, 2.05) is 0 Å². The van der Waals surface area contributed by atoms with Crippen LogP contribution in [0.5, 0.6) is 0 Å². The van der Waals surface area contributed by atoms with E-state index in [1.165, 1.54) is 10.4 Å². The summed E-state index contributed by atoms with van der Waals surface area (Å²) < 4.78 is 26.8. The maximum atomic E-state index is 12.7. The van der Waals surface area contributed by atoms with Crippen molar-refractivity contribution in [2.75, 3.05) is 32.7 Å². The van der Waals surface area contributed by atoms with Gasteiger partial charge < -0.3 is 10.2 Å². The average Bonchev–Trinajstić information content (AvgIpc) is 3.08. The maximum absolute atomic E-state index is 12.7. The Labute approximate surface area is 147 Å². The molecule has 1 aromatic carbocycles. The number of nitrogens with one attached hydrogen (secondary N) is 1. The van der Waals surface area contributed by atoms with Crippen LogP contribution in [0.3, 0.4) is 0 Å². The van der Waals surface area contributed by atoms with Gasteiger partial charge in [-0.1, -0.05) is 23.7 Å². The molecule has 2 saturated heterocycles. The molecule has 0 radical (unpaired) electrons. The molecule has 1 aromatic rings. The first kappa shape index (κ1) is 17.7. The Morgan fingerprint density at radius 3 is 2.54 bits per heavy atom. The first-order valence-corrected chi connectivity index (χ1v) is 10.1. The molecule has 0 aliphatic carbocycles. The summed E-state index contributed by atoms with van der Waals surface area (Å²) >= 11 is 6.02. The van der Waals surface area contributed by atoms with E-state index in [1.54, 1.807) is 23.1 Å². The summed E-state index contributed by atoms with van der Waals surface area (Å²) in [6.45, 7) is 2.43. The van der Waals surface area contributed by atoms with Crippen LogP contribution in [0.25, 0.3) is 0 Å². The average molecular weight is 372 g/mol. The molecule has 1 amide bonds. The predicted molar refractivity (Wildman–Crippen MR) is 92.4 cm³/mol. The van der Waals surface area contributed by atoms with Crippen molar-refractivity contribution in [3.8, 4) is 0 Å². The van der Waals surface area contributed by atoms with E-state index in [9.17, 15) is 13.2 Å². The number of benzene rings is 1. The summed E-state index contributed by atoms with van der Waals surface area (Å²) in [5.74, 6) is 0.101. The second-order valence-corrected chi connectivity index (χ2v) is 8.53. The second-order valence-electron chi connectivity index (χ2n) is 6.21. The highest BCUT2D eigenvalue weighted by Crippen LogP contribution is 2.25. The van der Waals surface area contributed by atoms with Gasteiger partial charge in [-0.15, -0.1) is 0 Å². The zero-order chi connectivity index (χ0) is 17.2. The Morgan fingerprint density at radius 1 is 1.21 bits per heavy atom. The normalized spacial score (nSPS) is 22.7. The third kappa shape index (κ3) is 3.74. The molecule has 0 bridgehead atoms. The number of carbonyl (C=O) groups excluding carboxylic acids is 1. The highest BCUT2D eigenvalue weighted by molar-refractivity contribution is 7.89. The minimum atomic E-state index is -3.61. The standard InChI is InChI=1S/C16H22ClN3O3S/c17-14-5-1-2-6-15(14)24(22,23)20-10-8-19(9-11-20)16(21)12-13-4-3-7-18-13/h1-2,5-6,13,18H,3-4,7-12H2. The lowest BCUT2D eigenvalue weighted by atomic mass is 10.1. The third-order valence-electron chi connectivity index (χ3n) is 4.63. The first-order valence-electron chi connectivity index (χ1n) is 8.24. The fraction of sp³-hybridized carbons (Fsp3) is 0.562. The molecular weight excluding hydrogens is 350 g/mol. The van der Waals surface area contributed by atoms with Crippen molar-refractivity contribution in [2.45, 2.75) is 30.2 Å². The van der Waals surface area contributed by atoms with Crippen LogP contribution in [0.4, 0.5) is 0 Å². The van der Waals surface area contributed by atoms with E-state index in [2.05, 4.69) is 5.32 Å². The molecule has 2 aliphatic heterocycles. The van der Waals surface area contributed by atoms with Gasteiger partial charge in [0.25, 0.3) is 0 Å². The summed E-state index contributed by atoms with van der Waals surface area (Å²) in [6, 6.07) is 6.72. The second kappa shape index (κ2) is 7.39. The summed E-state index contributed by atoms with van der Waals surface area (Å²) in [7, 11) is -3.61. The molecule has 0 spiro atoms. The monoisotopic (exact) mass is 371 g/mol. The molecule has 2 aliphatic rings. The highest BCUT2D eigenvalue weighted by Gasteiger charge is 2.32. The summed E-state index contributed by atoms with van der Waals surface area (Å²) in [6.07, 6.45) is 2.64. The molecule has 2 heterocycles. The van der Waals surface area contributed by atoms with Gasteiger partial charge in [0.05, 0.1) is 5.02 Å². The van der Waals surface area contributed by atoms with Gasteiger partial charge in [-0.3, -0.25) is 4.79 Å². The van der Waals surface area contributed by atoms with Crippen molar-refractivity contribution in [1.82, 2.24) is 14.5 Å². The zero-order valence-corrected chi connectivity index (χ0v) is 15.0. The fourth-order valence-corrected chi connectivity index (χ4v) is 5.16. The molecule has 1 unspecified atom stereocenters. The largest absolute Gasteiger partial charge is 0.340 e. The number of halogens is 1. The molecule has 8 heteroatoms. The number of rotatable bonds is 4. The van der Waals surface area contributed by atoms with E-state index in [0.29, 0.717) is 32.6 Å². The molecule has 24 heavy (non-hydrogen) atoms. The minimum absolute atomic E-state index is 0.101. The predicted octanol–water partition coefficient (Wildman–Crippen LogP) is 1.32. The van der Waals surface area contributed by atoms with Crippen molar-refractivity contribution in [1.29, 1.82) is 0 Å². The Bertz CT molecular complexity index is 696. The molecule has 3 rings (SSSR count). The molecule has 132 valence electrons. The number of nitrogens with zero attached hydrogens (tertiary/aromatic N) is 2. The first-order chi connectivity index (χ1) is 11.5. The summed E-state index contributed by atoms with van der Waals surface area (Å²) in [5.41, 5.74) is 0. The lowest BCUT2D eigenvalue weighted by Crippen LogP contribution is -2.51. The summed E-state index contributed by atoms with van der Waals surface area (Å²) in [5, 5.41) is 3.54. The topological polar surface area (TPSA) is 69.7 Å². The molecule has 6 nitrogen and oxygen atoms in total. The number of carbonyl (C=O) groups is 1. The van der Waals surface area contributed by atoms with Crippen molar-refractivity contribution in [3.05, 3.63) is 29.3 Å². The molecular formula is C16H22ClN3O3S. The van der Waals surface area contributed by atoms with Crippen molar-refractivity contribution in [3.63, 3.8) is 0 Å². The van der Waals surface area contributed by atoms with Crippen LogP contribution in [0.15, 0.2) is 29.2 Å². The van der Waals surface area contributed by atoms with E-state index in [-0.39, 0.29) is 21.9 Å². The van der Waals surface area contributed by atoms with Gasteiger partial charge in [0, 0.05) is 38.6 Å². The number of hydrogen-bond donors (Lipinski definition) is 1. The Hall–Kier alpha value is -1.15. The molecule has 0 aromatic heterocycles. The van der Waals surface area contributed by atoms with Crippen LogP contribution in [-0.2, 0) is 14.8 Å². The van der Waals surface area contributed by atoms with Crippen LogP contribution < -0.4 is 5.32 Å². The Morgan fingerprint density at radius 2 is 1.92 bits per heavy atom. The van der Waals surface area contributed by atoms with Crippen LogP contribution >= 0.6 is 11.6 Å². The van der Waals surface area contributed by atoms with Crippen molar-refractivity contribution in [2.24, 2.45) is 0 Å². The van der Waals surface area contributed by atoms with Gasteiger partial charge >= 0.3 is 0 Å². The van der Waals surface area contributed by atoms with Crippen LogP contribution in [0.1, 0.15) is 19.3 Å². The molecule has 0 saturated carbocycles. The summed E-state index contributed by atoms with van der Waals surface area (Å²) in [4.78, 5) is 14.2. The van der Waals surface area contributed by atoms with Gasteiger partial charge in [0.15, 0.2) is 0 Å². The number of sulfonamides is 1. The molecule has 1 atom stereocenters. The lowest BCUT2D eigenvalue weighted by molar-refractivity contribution is -0.132. The van der Waals surface area contributed by atoms with Gasteiger partial charge in [0.1, 0.15) is 4.90 Å². The van der Waals surface area contributed by atoms with Gasteiger partial charge in [-0.05, 0) is 31.5 Å². The number of hydrogen-bond acceptors (Lipinski definition) is 4. The molecule has 1 N–H and O–H groups in total. The smallest absolute Gasteiger partial charge is 0.244 e. The van der Waals surface area contributed by atoms with Crippen LogP contribution in [0, 0.1) is 0 Å². The zero-order valence-electron chi connectivity index (χ0n) is 13.4.